The van der Waals surface area contributed by atoms with Crippen LogP contribution in [0.5, 0.6) is 5.75 Å². The van der Waals surface area contributed by atoms with E-state index in [4.69, 9.17) is 21.1 Å². The summed E-state index contributed by atoms with van der Waals surface area (Å²) < 4.78 is 10.8. The van der Waals surface area contributed by atoms with Gasteiger partial charge in [0.15, 0.2) is 0 Å². The quantitative estimate of drug-likeness (QED) is 0.785. The zero-order valence-electron chi connectivity index (χ0n) is 14.7. The first-order valence-electron chi connectivity index (χ1n) is 8.78. The highest BCUT2D eigenvalue weighted by Gasteiger charge is 2.24. The van der Waals surface area contributed by atoms with Crippen LogP contribution >= 0.6 is 11.6 Å². The number of hydrogen-bond donors (Lipinski definition) is 0. The van der Waals surface area contributed by atoms with Crippen molar-refractivity contribution in [2.24, 2.45) is 0 Å². The van der Waals surface area contributed by atoms with Crippen molar-refractivity contribution in [3.05, 3.63) is 28.8 Å². The Kier molecular flexibility index (Phi) is 6.53. The van der Waals surface area contributed by atoms with Gasteiger partial charge in [0, 0.05) is 56.4 Å². The van der Waals surface area contributed by atoms with Crippen molar-refractivity contribution in [1.29, 1.82) is 0 Å². The third-order valence-electron chi connectivity index (χ3n) is 4.82. The van der Waals surface area contributed by atoms with Crippen molar-refractivity contribution >= 4 is 17.5 Å². The maximum Gasteiger partial charge on any atom is 0.236 e. The van der Waals surface area contributed by atoms with Gasteiger partial charge in [0.2, 0.25) is 5.91 Å². The van der Waals surface area contributed by atoms with Gasteiger partial charge < -0.3 is 14.4 Å². The van der Waals surface area contributed by atoms with Crippen molar-refractivity contribution in [3.63, 3.8) is 0 Å². The second kappa shape index (κ2) is 8.85. The molecule has 0 aromatic heterocycles. The molecule has 0 saturated carbocycles. The molecule has 2 aliphatic rings. The fraction of sp³-hybridized carbons (Fsp3) is 0.611. The van der Waals surface area contributed by atoms with Gasteiger partial charge in [-0.25, -0.2) is 0 Å². The Bertz CT molecular complexity index is 585. The minimum Gasteiger partial charge on any atom is -0.496 e. The molecule has 0 atom stereocenters. The summed E-state index contributed by atoms with van der Waals surface area (Å²) in [5, 5.41) is 0.718. The molecule has 1 amide bonds. The van der Waals surface area contributed by atoms with Crippen LogP contribution in [-0.2, 0) is 16.1 Å². The summed E-state index contributed by atoms with van der Waals surface area (Å²) in [4.78, 5) is 19.0. The number of ether oxygens (including phenoxy) is 2. The summed E-state index contributed by atoms with van der Waals surface area (Å²) in [6.07, 6.45) is 0. The number of rotatable bonds is 5. The van der Waals surface area contributed by atoms with Gasteiger partial charge in [0.25, 0.3) is 0 Å². The van der Waals surface area contributed by atoms with Gasteiger partial charge >= 0.3 is 0 Å². The molecule has 0 N–H and O–H groups in total. The maximum atomic E-state index is 12.5. The minimum atomic E-state index is 0.224. The van der Waals surface area contributed by atoms with Crippen LogP contribution in [0.1, 0.15) is 5.56 Å². The first-order valence-corrected chi connectivity index (χ1v) is 9.16. The summed E-state index contributed by atoms with van der Waals surface area (Å²) in [6, 6.07) is 5.70. The largest absolute Gasteiger partial charge is 0.496 e. The summed E-state index contributed by atoms with van der Waals surface area (Å²) in [5.74, 6) is 1.08. The summed E-state index contributed by atoms with van der Waals surface area (Å²) in [7, 11) is 1.68. The highest BCUT2D eigenvalue weighted by Crippen LogP contribution is 2.24. The molecular formula is C18H26ClN3O3. The smallest absolute Gasteiger partial charge is 0.236 e. The predicted molar refractivity (Wildman–Crippen MR) is 97.1 cm³/mol. The number of benzene rings is 1. The Labute approximate surface area is 154 Å². The number of carbonyl (C=O) groups excluding carboxylic acids is 1. The lowest BCUT2D eigenvalue weighted by atomic mass is 10.1. The average molecular weight is 368 g/mol. The first kappa shape index (κ1) is 18.5. The van der Waals surface area contributed by atoms with Crippen molar-refractivity contribution in [1.82, 2.24) is 14.7 Å². The Morgan fingerprint density at radius 1 is 1.12 bits per heavy atom. The Hall–Kier alpha value is -1.34. The first-order chi connectivity index (χ1) is 12.2. The summed E-state index contributed by atoms with van der Waals surface area (Å²) in [5.41, 5.74) is 1.09. The SMILES string of the molecule is COc1ccc(Cl)cc1CN1CCN(C(=O)CN2CCOCC2)CC1. The van der Waals surface area contributed by atoms with Gasteiger partial charge in [-0.3, -0.25) is 14.6 Å². The summed E-state index contributed by atoms with van der Waals surface area (Å²) >= 11 is 6.11. The van der Waals surface area contributed by atoms with Crippen LogP contribution in [0, 0.1) is 0 Å². The van der Waals surface area contributed by atoms with Gasteiger partial charge in [-0.15, -0.1) is 0 Å². The molecule has 3 rings (SSSR count). The minimum absolute atomic E-state index is 0.224. The maximum absolute atomic E-state index is 12.5. The van der Waals surface area contributed by atoms with E-state index in [1.54, 1.807) is 7.11 Å². The van der Waals surface area contributed by atoms with E-state index >= 15 is 0 Å². The van der Waals surface area contributed by atoms with E-state index in [9.17, 15) is 4.79 Å². The molecule has 25 heavy (non-hydrogen) atoms. The number of hydrogen-bond acceptors (Lipinski definition) is 5. The molecule has 6 nitrogen and oxygen atoms in total. The lowest BCUT2D eigenvalue weighted by molar-refractivity contribution is -0.135. The van der Waals surface area contributed by atoms with Gasteiger partial charge in [0.1, 0.15) is 5.75 Å². The molecule has 2 aliphatic heterocycles. The summed E-state index contributed by atoms with van der Waals surface area (Å²) in [6.45, 7) is 7.71. The molecule has 0 unspecified atom stereocenters. The fourth-order valence-corrected chi connectivity index (χ4v) is 3.51. The third-order valence-corrected chi connectivity index (χ3v) is 5.06. The van der Waals surface area contributed by atoms with Crippen molar-refractivity contribution < 1.29 is 14.3 Å². The lowest BCUT2D eigenvalue weighted by Crippen LogP contribution is -2.52. The molecule has 7 heteroatoms. The van der Waals surface area contributed by atoms with Crippen LogP contribution in [0.3, 0.4) is 0 Å². The second-order valence-electron chi connectivity index (χ2n) is 6.50. The lowest BCUT2D eigenvalue weighted by Gasteiger charge is -2.36. The van der Waals surface area contributed by atoms with Gasteiger partial charge in [-0.1, -0.05) is 11.6 Å². The van der Waals surface area contributed by atoms with E-state index in [0.717, 1.165) is 75.4 Å². The van der Waals surface area contributed by atoms with Gasteiger partial charge in [-0.05, 0) is 18.2 Å². The highest BCUT2D eigenvalue weighted by molar-refractivity contribution is 6.30. The molecule has 1 aromatic rings. The molecule has 0 bridgehead atoms. The number of halogens is 1. The standard InChI is InChI=1S/C18H26ClN3O3/c1-24-17-3-2-16(19)12-15(17)13-20-4-6-22(7-5-20)18(23)14-21-8-10-25-11-9-21/h2-3,12H,4-11,13-14H2,1H3. The van der Waals surface area contributed by atoms with E-state index < -0.39 is 0 Å². The molecule has 2 saturated heterocycles. The molecule has 0 spiro atoms. The normalized spacial score (nSPS) is 19.8. The monoisotopic (exact) mass is 367 g/mol. The van der Waals surface area contributed by atoms with Crippen molar-refractivity contribution in [2.45, 2.75) is 6.54 Å². The molecule has 2 heterocycles. The van der Waals surface area contributed by atoms with E-state index in [1.165, 1.54) is 0 Å². The predicted octanol–water partition coefficient (Wildman–Crippen LogP) is 1.32. The van der Waals surface area contributed by atoms with E-state index in [1.807, 2.05) is 23.1 Å². The number of morpholine rings is 1. The highest BCUT2D eigenvalue weighted by atomic mass is 35.5. The van der Waals surface area contributed by atoms with Crippen molar-refractivity contribution in [3.8, 4) is 5.75 Å². The molecule has 138 valence electrons. The Balaban J connectivity index is 1.48. The van der Waals surface area contributed by atoms with Crippen LogP contribution in [-0.4, -0.2) is 86.7 Å². The topological polar surface area (TPSA) is 45.2 Å². The van der Waals surface area contributed by atoms with E-state index in [2.05, 4.69) is 9.80 Å². The van der Waals surface area contributed by atoms with Crippen LogP contribution < -0.4 is 4.74 Å². The average Bonchev–Trinajstić information content (AvgIpc) is 2.63. The molecule has 1 aromatic carbocycles. The second-order valence-corrected chi connectivity index (χ2v) is 6.94. The molecule has 0 radical (unpaired) electrons. The van der Waals surface area contributed by atoms with Gasteiger partial charge in [0.05, 0.1) is 26.9 Å². The van der Waals surface area contributed by atoms with Crippen LogP contribution in [0.2, 0.25) is 5.02 Å². The number of piperazine rings is 1. The van der Waals surface area contributed by atoms with Crippen LogP contribution in [0.15, 0.2) is 18.2 Å². The van der Waals surface area contributed by atoms with Crippen molar-refractivity contribution in [2.75, 3.05) is 66.1 Å². The number of methoxy groups -OCH3 is 1. The van der Waals surface area contributed by atoms with E-state index in [-0.39, 0.29) is 5.91 Å². The van der Waals surface area contributed by atoms with Gasteiger partial charge in [-0.2, -0.15) is 0 Å². The van der Waals surface area contributed by atoms with Crippen LogP contribution in [0.25, 0.3) is 0 Å². The molecular weight excluding hydrogens is 342 g/mol. The molecule has 2 fully saturated rings. The number of nitrogens with zero attached hydrogens (tertiary/aromatic N) is 3. The number of amides is 1. The van der Waals surface area contributed by atoms with E-state index in [0.29, 0.717) is 6.54 Å². The molecule has 0 aliphatic carbocycles. The number of carbonyl (C=O) groups is 1. The Morgan fingerprint density at radius 2 is 1.84 bits per heavy atom. The fourth-order valence-electron chi connectivity index (χ4n) is 3.32. The Morgan fingerprint density at radius 3 is 2.52 bits per heavy atom. The third kappa shape index (κ3) is 5.07. The zero-order valence-corrected chi connectivity index (χ0v) is 15.5. The zero-order chi connectivity index (χ0) is 17.6. The van der Waals surface area contributed by atoms with Crippen LogP contribution in [0.4, 0.5) is 0 Å².